The highest BCUT2D eigenvalue weighted by atomic mass is 14.5. The highest BCUT2D eigenvalue weighted by molar-refractivity contribution is 5.26. The van der Waals surface area contributed by atoms with Gasteiger partial charge in [0.15, 0.2) is 0 Å². The van der Waals surface area contributed by atoms with E-state index in [0.29, 0.717) is 5.41 Å². The number of rotatable bonds is 1. The summed E-state index contributed by atoms with van der Waals surface area (Å²) in [6.07, 6.45) is 1.38. The first-order chi connectivity index (χ1) is 6.09. The van der Waals surface area contributed by atoms with Gasteiger partial charge in [0, 0.05) is 0 Å². The van der Waals surface area contributed by atoms with Crippen LogP contribution in [-0.2, 0) is 0 Å². The van der Waals surface area contributed by atoms with Gasteiger partial charge in [0.25, 0.3) is 0 Å². The van der Waals surface area contributed by atoms with Gasteiger partial charge in [0.1, 0.15) is 0 Å². The van der Waals surface area contributed by atoms with Gasteiger partial charge in [0.2, 0.25) is 0 Å². The molecule has 0 radical (unpaired) electrons. The first-order valence-electron chi connectivity index (χ1n) is 5.14. The lowest BCUT2D eigenvalue weighted by atomic mass is 9.88. The van der Waals surface area contributed by atoms with Gasteiger partial charge < -0.3 is 0 Å². The summed E-state index contributed by atoms with van der Waals surface area (Å²) < 4.78 is 0. The van der Waals surface area contributed by atoms with Crippen LogP contribution >= 0.6 is 0 Å². The Morgan fingerprint density at radius 3 is 2.15 bits per heavy atom. The maximum atomic E-state index is 2.35. The molecule has 0 amide bonds. The molecule has 1 aliphatic rings. The second-order valence-electron chi connectivity index (χ2n) is 5.23. The topological polar surface area (TPSA) is 0 Å². The van der Waals surface area contributed by atoms with Crippen molar-refractivity contribution >= 4 is 0 Å². The van der Waals surface area contributed by atoms with E-state index in [9.17, 15) is 0 Å². The van der Waals surface area contributed by atoms with Crippen LogP contribution in [0.1, 0.15) is 38.7 Å². The van der Waals surface area contributed by atoms with Crippen molar-refractivity contribution in [3.05, 3.63) is 35.9 Å². The second kappa shape index (κ2) is 2.87. The van der Waals surface area contributed by atoms with Crippen LogP contribution in [-0.4, -0.2) is 0 Å². The van der Waals surface area contributed by atoms with Crippen molar-refractivity contribution in [1.82, 2.24) is 0 Å². The fourth-order valence-electron chi connectivity index (χ4n) is 2.22. The fourth-order valence-corrected chi connectivity index (χ4v) is 2.22. The largest absolute Gasteiger partial charge is 0.0622 e. The van der Waals surface area contributed by atoms with E-state index in [-0.39, 0.29) is 0 Å². The number of hydrogen-bond acceptors (Lipinski definition) is 0. The zero-order chi connectivity index (χ0) is 9.47. The summed E-state index contributed by atoms with van der Waals surface area (Å²) in [5, 5.41) is 0. The van der Waals surface area contributed by atoms with Gasteiger partial charge in [-0.15, -0.1) is 0 Å². The van der Waals surface area contributed by atoms with Gasteiger partial charge in [-0.1, -0.05) is 51.1 Å². The van der Waals surface area contributed by atoms with Gasteiger partial charge in [0.05, 0.1) is 0 Å². The van der Waals surface area contributed by atoms with Crippen molar-refractivity contribution in [2.24, 2.45) is 11.3 Å². The molecule has 1 aliphatic carbocycles. The van der Waals surface area contributed by atoms with E-state index < -0.39 is 0 Å². The molecule has 0 heteroatoms. The average molecular weight is 174 g/mol. The van der Waals surface area contributed by atoms with Crippen LogP contribution < -0.4 is 0 Å². The SMILES string of the molecule is CC(C)(C)[C@H]1CC1c1ccccc1. The molecule has 1 saturated carbocycles. The Morgan fingerprint density at radius 2 is 1.69 bits per heavy atom. The summed E-state index contributed by atoms with van der Waals surface area (Å²) in [7, 11) is 0. The fraction of sp³-hybridized carbons (Fsp3) is 0.538. The Morgan fingerprint density at radius 1 is 1.08 bits per heavy atom. The standard InChI is InChI=1S/C13H18/c1-13(2,3)12-9-11(12)10-7-5-4-6-8-10/h4-8,11-12H,9H2,1-3H3/t11?,12-/m0/s1. The van der Waals surface area contributed by atoms with Crippen LogP contribution in [0.25, 0.3) is 0 Å². The van der Waals surface area contributed by atoms with Crippen LogP contribution in [0.15, 0.2) is 30.3 Å². The van der Waals surface area contributed by atoms with Gasteiger partial charge >= 0.3 is 0 Å². The molecule has 0 spiro atoms. The summed E-state index contributed by atoms with van der Waals surface area (Å²) in [5.41, 5.74) is 2.02. The van der Waals surface area contributed by atoms with E-state index >= 15 is 0 Å². The van der Waals surface area contributed by atoms with Gasteiger partial charge in [-0.25, -0.2) is 0 Å². The molecule has 0 aromatic heterocycles. The maximum absolute atomic E-state index is 2.35. The Labute approximate surface area is 81.0 Å². The summed E-state index contributed by atoms with van der Waals surface area (Å²) in [4.78, 5) is 0. The Bertz CT molecular complexity index is 279. The smallest absolute Gasteiger partial charge is 0.0125 e. The van der Waals surface area contributed by atoms with Crippen molar-refractivity contribution in [1.29, 1.82) is 0 Å². The predicted molar refractivity (Wildman–Crippen MR) is 56.7 cm³/mol. The molecule has 0 aliphatic heterocycles. The molecular formula is C13H18. The predicted octanol–water partition coefficient (Wildman–Crippen LogP) is 3.84. The Kier molecular flexibility index (Phi) is 1.94. The van der Waals surface area contributed by atoms with Crippen molar-refractivity contribution in [3.63, 3.8) is 0 Å². The van der Waals surface area contributed by atoms with E-state index in [1.807, 2.05) is 0 Å². The molecule has 2 rings (SSSR count). The summed E-state index contributed by atoms with van der Waals surface area (Å²) >= 11 is 0. The quantitative estimate of drug-likeness (QED) is 0.607. The van der Waals surface area contributed by atoms with Crippen molar-refractivity contribution in [3.8, 4) is 0 Å². The van der Waals surface area contributed by atoms with Gasteiger partial charge in [-0.3, -0.25) is 0 Å². The molecule has 0 bridgehead atoms. The lowest BCUT2D eigenvalue weighted by Gasteiger charge is -2.18. The lowest BCUT2D eigenvalue weighted by Crippen LogP contribution is -2.08. The highest BCUT2D eigenvalue weighted by Gasteiger charge is 2.45. The molecular weight excluding hydrogens is 156 g/mol. The van der Waals surface area contributed by atoms with Crippen LogP contribution in [0.4, 0.5) is 0 Å². The maximum Gasteiger partial charge on any atom is -0.0125 e. The minimum Gasteiger partial charge on any atom is -0.0622 e. The van der Waals surface area contributed by atoms with Crippen LogP contribution in [0.2, 0.25) is 0 Å². The van der Waals surface area contributed by atoms with Crippen molar-refractivity contribution in [2.45, 2.75) is 33.1 Å². The minimum absolute atomic E-state index is 0.487. The molecule has 1 fully saturated rings. The van der Waals surface area contributed by atoms with Crippen LogP contribution in [0.5, 0.6) is 0 Å². The normalized spacial score (nSPS) is 27.3. The van der Waals surface area contributed by atoms with Gasteiger partial charge in [-0.05, 0) is 29.2 Å². The summed E-state index contributed by atoms with van der Waals surface area (Å²) in [6.45, 7) is 7.04. The molecule has 2 atom stereocenters. The Hall–Kier alpha value is -0.780. The van der Waals surface area contributed by atoms with E-state index in [0.717, 1.165) is 11.8 Å². The van der Waals surface area contributed by atoms with Crippen LogP contribution in [0.3, 0.4) is 0 Å². The molecule has 0 nitrogen and oxygen atoms in total. The Balaban J connectivity index is 2.09. The second-order valence-corrected chi connectivity index (χ2v) is 5.23. The molecule has 0 N–H and O–H groups in total. The third kappa shape index (κ3) is 1.77. The third-order valence-corrected chi connectivity index (χ3v) is 3.13. The molecule has 13 heavy (non-hydrogen) atoms. The first-order valence-corrected chi connectivity index (χ1v) is 5.14. The molecule has 1 aromatic carbocycles. The first kappa shape index (κ1) is 8.80. The monoisotopic (exact) mass is 174 g/mol. The zero-order valence-corrected chi connectivity index (χ0v) is 8.75. The number of benzene rings is 1. The minimum atomic E-state index is 0.487. The van der Waals surface area contributed by atoms with Crippen LogP contribution in [0, 0.1) is 11.3 Å². The van der Waals surface area contributed by atoms with Gasteiger partial charge in [-0.2, -0.15) is 0 Å². The van der Waals surface area contributed by atoms with E-state index in [1.54, 1.807) is 0 Å². The molecule has 0 saturated heterocycles. The summed E-state index contributed by atoms with van der Waals surface area (Å²) in [5.74, 6) is 1.73. The highest BCUT2D eigenvalue weighted by Crippen LogP contribution is 2.56. The molecule has 1 unspecified atom stereocenters. The van der Waals surface area contributed by atoms with E-state index in [1.165, 1.54) is 12.0 Å². The molecule has 0 heterocycles. The third-order valence-electron chi connectivity index (χ3n) is 3.13. The average Bonchev–Trinajstić information content (AvgIpc) is 2.83. The summed E-state index contributed by atoms with van der Waals surface area (Å²) in [6, 6.07) is 10.9. The molecule has 1 aromatic rings. The van der Waals surface area contributed by atoms with Crippen molar-refractivity contribution in [2.75, 3.05) is 0 Å². The van der Waals surface area contributed by atoms with E-state index in [4.69, 9.17) is 0 Å². The van der Waals surface area contributed by atoms with Crippen molar-refractivity contribution < 1.29 is 0 Å². The number of hydrogen-bond donors (Lipinski definition) is 0. The van der Waals surface area contributed by atoms with E-state index in [2.05, 4.69) is 51.1 Å². The zero-order valence-electron chi connectivity index (χ0n) is 8.75. The lowest BCUT2D eigenvalue weighted by molar-refractivity contribution is 0.343. The molecule has 70 valence electrons.